The maximum Gasteiger partial charge on any atom is 0.326 e. The Kier molecular flexibility index (Phi) is 2.69. The lowest BCUT2D eigenvalue weighted by Crippen LogP contribution is -2.32. The van der Waals surface area contributed by atoms with Gasteiger partial charge in [-0.1, -0.05) is 0 Å². The van der Waals surface area contributed by atoms with Gasteiger partial charge in [0.05, 0.1) is 0 Å². The van der Waals surface area contributed by atoms with Gasteiger partial charge in [-0.2, -0.15) is 14.0 Å². The largest absolute Gasteiger partial charge is 0.326 e. The fourth-order valence-electron chi connectivity index (χ4n) is 0.707. The molecule has 0 bridgehead atoms. The van der Waals surface area contributed by atoms with Gasteiger partial charge in [0.25, 0.3) is 5.82 Å². The lowest BCUT2D eigenvalue weighted by molar-refractivity contribution is -0.139. The molecule has 0 aromatic carbocycles. The molecule has 1 rings (SSSR count). The summed E-state index contributed by atoms with van der Waals surface area (Å²) < 4.78 is 48.8. The molecule has 76 valence electrons. The molecule has 0 amide bonds. The number of hydrogen-bond donors (Lipinski definition) is 0. The van der Waals surface area contributed by atoms with Crippen LogP contribution < -0.4 is 0 Å². The Morgan fingerprint density at radius 2 is 2.21 bits per heavy atom. The van der Waals surface area contributed by atoms with Crippen molar-refractivity contribution in [2.75, 3.05) is 0 Å². The van der Waals surface area contributed by atoms with Crippen molar-refractivity contribution in [3.63, 3.8) is 0 Å². The fraction of sp³-hybridized carbons (Fsp3) is 0.500. The SMILES string of the molecule is N#Cc1ncn(CC(F)(F)C(F)F)n1. The minimum atomic E-state index is -4.17. The highest BCUT2D eigenvalue weighted by atomic mass is 19.3. The number of halogens is 4. The zero-order valence-corrected chi connectivity index (χ0v) is 6.66. The number of nitrogens with zero attached hydrogens (tertiary/aromatic N) is 4. The van der Waals surface area contributed by atoms with E-state index in [-0.39, 0.29) is 5.82 Å². The van der Waals surface area contributed by atoms with E-state index in [4.69, 9.17) is 5.26 Å². The molecule has 0 aliphatic rings. The molecular formula is C6H4F4N4. The van der Waals surface area contributed by atoms with Gasteiger partial charge in [0, 0.05) is 0 Å². The maximum absolute atomic E-state index is 12.4. The fourth-order valence-corrected chi connectivity index (χ4v) is 0.707. The van der Waals surface area contributed by atoms with E-state index in [1.807, 2.05) is 0 Å². The predicted molar refractivity (Wildman–Crippen MR) is 35.7 cm³/mol. The van der Waals surface area contributed by atoms with Crippen LogP contribution in [0.15, 0.2) is 6.33 Å². The van der Waals surface area contributed by atoms with Gasteiger partial charge in [-0.05, 0) is 0 Å². The molecule has 4 nitrogen and oxygen atoms in total. The van der Waals surface area contributed by atoms with Crippen LogP contribution in [0.2, 0.25) is 0 Å². The summed E-state index contributed by atoms with van der Waals surface area (Å²) in [6, 6.07) is 1.49. The van der Waals surface area contributed by atoms with Crippen LogP contribution in [0.1, 0.15) is 5.82 Å². The number of aromatic nitrogens is 3. The molecule has 1 heterocycles. The molecule has 0 aliphatic heterocycles. The summed E-state index contributed by atoms with van der Waals surface area (Å²) >= 11 is 0. The summed E-state index contributed by atoms with van der Waals surface area (Å²) in [5, 5.41) is 11.5. The maximum atomic E-state index is 12.4. The number of hydrogen-bond acceptors (Lipinski definition) is 3. The van der Waals surface area contributed by atoms with Crippen LogP contribution in [-0.4, -0.2) is 27.1 Å². The van der Waals surface area contributed by atoms with Crippen molar-refractivity contribution in [1.82, 2.24) is 14.8 Å². The minimum Gasteiger partial charge on any atom is -0.245 e. The summed E-state index contributed by atoms with van der Waals surface area (Å²) in [7, 11) is 0. The Labute approximate surface area is 75.8 Å². The molecule has 0 saturated carbocycles. The number of rotatable bonds is 3. The highest BCUT2D eigenvalue weighted by Crippen LogP contribution is 2.24. The second kappa shape index (κ2) is 3.61. The van der Waals surface area contributed by atoms with Gasteiger partial charge in [0.15, 0.2) is 0 Å². The smallest absolute Gasteiger partial charge is 0.245 e. The monoisotopic (exact) mass is 208 g/mol. The molecule has 1 aromatic rings. The van der Waals surface area contributed by atoms with Gasteiger partial charge in [-0.3, -0.25) is 0 Å². The van der Waals surface area contributed by atoms with E-state index >= 15 is 0 Å². The minimum absolute atomic E-state index is 0.338. The van der Waals surface area contributed by atoms with Gasteiger partial charge in [-0.25, -0.2) is 18.4 Å². The summed E-state index contributed by atoms with van der Waals surface area (Å²) in [5.41, 5.74) is 0. The first-order valence-electron chi connectivity index (χ1n) is 3.41. The Balaban J connectivity index is 2.74. The van der Waals surface area contributed by atoms with E-state index in [0.29, 0.717) is 4.68 Å². The van der Waals surface area contributed by atoms with Crippen LogP contribution in [0, 0.1) is 11.3 Å². The van der Waals surface area contributed by atoms with Gasteiger partial charge in [0.1, 0.15) is 18.9 Å². The van der Waals surface area contributed by atoms with Crippen molar-refractivity contribution in [2.45, 2.75) is 18.9 Å². The third-order valence-corrected chi connectivity index (χ3v) is 1.33. The Bertz CT molecular complexity index is 353. The molecule has 14 heavy (non-hydrogen) atoms. The molecule has 0 atom stereocenters. The summed E-state index contributed by atoms with van der Waals surface area (Å²) in [6.07, 6.45) is -2.97. The molecule has 0 radical (unpaired) electrons. The first-order chi connectivity index (χ1) is 6.45. The number of nitriles is 1. The van der Waals surface area contributed by atoms with E-state index in [0.717, 1.165) is 6.33 Å². The highest BCUT2D eigenvalue weighted by molar-refractivity contribution is 5.05. The van der Waals surface area contributed by atoms with E-state index < -0.39 is 18.9 Å². The molecule has 8 heteroatoms. The third-order valence-electron chi connectivity index (χ3n) is 1.33. The van der Waals surface area contributed by atoms with Crippen LogP contribution in [0.3, 0.4) is 0 Å². The zero-order chi connectivity index (χ0) is 10.8. The van der Waals surface area contributed by atoms with E-state index in [9.17, 15) is 17.6 Å². The Morgan fingerprint density at radius 1 is 1.57 bits per heavy atom. The summed E-state index contributed by atoms with van der Waals surface area (Å²) in [6.45, 7) is -1.29. The topological polar surface area (TPSA) is 54.5 Å². The Hall–Kier alpha value is -1.65. The average molecular weight is 208 g/mol. The van der Waals surface area contributed by atoms with Crippen molar-refractivity contribution < 1.29 is 17.6 Å². The molecule has 0 N–H and O–H groups in total. The summed E-state index contributed by atoms with van der Waals surface area (Å²) in [5.74, 6) is -4.50. The molecule has 0 fully saturated rings. The van der Waals surface area contributed by atoms with Gasteiger partial charge >= 0.3 is 12.3 Å². The standard InChI is InChI=1S/C6H4F4N4/c7-5(8)6(9,10)2-14-3-12-4(1-11)13-14/h3,5H,2H2. The second-order valence-electron chi connectivity index (χ2n) is 2.44. The number of alkyl halides is 4. The van der Waals surface area contributed by atoms with Gasteiger partial charge in [-0.15, -0.1) is 5.10 Å². The van der Waals surface area contributed by atoms with Crippen LogP contribution in [0.5, 0.6) is 0 Å². The quantitative estimate of drug-likeness (QED) is 0.697. The zero-order valence-electron chi connectivity index (χ0n) is 6.66. The van der Waals surface area contributed by atoms with Crippen molar-refractivity contribution in [3.8, 4) is 6.07 Å². The lowest BCUT2D eigenvalue weighted by atomic mass is 10.3. The second-order valence-corrected chi connectivity index (χ2v) is 2.44. The van der Waals surface area contributed by atoms with Crippen LogP contribution in [-0.2, 0) is 6.54 Å². The third kappa shape index (κ3) is 2.18. The normalized spacial score (nSPS) is 11.7. The van der Waals surface area contributed by atoms with Crippen LogP contribution >= 0.6 is 0 Å². The average Bonchev–Trinajstić information content (AvgIpc) is 2.51. The molecule has 0 saturated heterocycles. The van der Waals surface area contributed by atoms with Crippen LogP contribution in [0.25, 0.3) is 0 Å². The first-order valence-corrected chi connectivity index (χ1v) is 3.41. The molecule has 1 aromatic heterocycles. The van der Waals surface area contributed by atoms with Gasteiger partial charge < -0.3 is 0 Å². The highest BCUT2D eigenvalue weighted by Gasteiger charge is 2.41. The Morgan fingerprint density at radius 3 is 2.64 bits per heavy atom. The molecular weight excluding hydrogens is 204 g/mol. The van der Waals surface area contributed by atoms with E-state index in [1.165, 1.54) is 6.07 Å². The van der Waals surface area contributed by atoms with Crippen molar-refractivity contribution in [1.29, 1.82) is 5.26 Å². The van der Waals surface area contributed by atoms with Crippen molar-refractivity contribution >= 4 is 0 Å². The first kappa shape index (κ1) is 10.4. The lowest BCUT2D eigenvalue weighted by Gasteiger charge is -2.13. The van der Waals surface area contributed by atoms with Crippen LogP contribution in [0.4, 0.5) is 17.6 Å². The van der Waals surface area contributed by atoms with E-state index in [2.05, 4.69) is 10.1 Å². The van der Waals surface area contributed by atoms with Crippen molar-refractivity contribution in [3.05, 3.63) is 12.2 Å². The van der Waals surface area contributed by atoms with Gasteiger partial charge in [0.2, 0.25) is 0 Å². The van der Waals surface area contributed by atoms with Crippen molar-refractivity contribution in [2.24, 2.45) is 0 Å². The molecule has 0 unspecified atom stereocenters. The molecule has 0 spiro atoms. The predicted octanol–water partition coefficient (Wildman–Crippen LogP) is 1.05. The van der Waals surface area contributed by atoms with E-state index in [1.54, 1.807) is 0 Å². The molecule has 0 aliphatic carbocycles. The summed E-state index contributed by atoms with van der Waals surface area (Å²) in [4.78, 5) is 3.29.